The van der Waals surface area contributed by atoms with Crippen LogP contribution in [0.1, 0.15) is 33.6 Å². The summed E-state index contributed by atoms with van der Waals surface area (Å²) in [5.74, 6) is 2.18. The normalized spacial score (nSPS) is 10.5. The van der Waals surface area contributed by atoms with Crippen molar-refractivity contribution in [1.29, 1.82) is 0 Å². The average molecular weight is 370 g/mol. The van der Waals surface area contributed by atoms with Gasteiger partial charge < -0.3 is 20.1 Å². The van der Waals surface area contributed by atoms with Crippen molar-refractivity contribution in [2.75, 3.05) is 30.4 Å². The number of rotatable bonds is 11. The van der Waals surface area contributed by atoms with Crippen molar-refractivity contribution in [1.82, 2.24) is 0 Å². The zero-order valence-corrected chi connectivity index (χ0v) is 16.5. The van der Waals surface area contributed by atoms with Gasteiger partial charge in [0.05, 0.1) is 19.8 Å². The van der Waals surface area contributed by atoms with E-state index in [-0.39, 0.29) is 12.5 Å². The van der Waals surface area contributed by atoms with E-state index in [1.54, 1.807) is 0 Å². The summed E-state index contributed by atoms with van der Waals surface area (Å²) in [5, 5.41) is 5.98. The van der Waals surface area contributed by atoms with E-state index in [4.69, 9.17) is 9.47 Å². The minimum atomic E-state index is -0.102. The van der Waals surface area contributed by atoms with Gasteiger partial charge in [-0.1, -0.05) is 20.8 Å². The molecule has 0 atom stereocenters. The molecule has 0 radical (unpaired) electrons. The summed E-state index contributed by atoms with van der Waals surface area (Å²) in [6, 6.07) is 15.0. The standard InChI is InChI=1S/C22H30N2O3/c1-4-14-26-20-11-7-19(8-12-20)24-22(25)16-23-18-5-9-21(10-6-18)27-15-13-17(2)3/h5-12,17,23H,4,13-16H2,1-3H3,(H,24,25). The molecular weight excluding hydrogens is 340 g/mol. The lowest BCUT2D eigenvalue weighted by Crippen LogP contribution is -2.21. The number of ether oxygens (including phenoxy) is 2. The summed E-state index contributed by atoms with van der Waals surface area (Å²) in [4.78, 5) is 12.1. The first-order valence-corrected chi connectivity index (χ1v) is 9.56. The van der Waals surface area contributed by atoms with E-state index in [9.17, 15) is 4.79 Å². The largest absolute Gasteiger partial charge is 0.494 e. The van der Waals surface area contributed by atoms with Crippen molar-refractivity contribution in [3.8, 4) is 11.5 Å². The number of hydrogen-bond donors (Lipinski definition) is 2. The molecule has 0 aromatic heterocycles. The highest BCUT2D eigenvalue weighted by Gasteiger charge is 2.03. The molecule has 1 amide bonds. The number of benzene rings is 2. The first-order chi connectivity index (χ1) is 13.1. The number of carbonyl (C=O) groups excluding carboxylic acids is 1. The van der Waals surface area contributed by atoms with Crippen LogP contribution in [0.2, 0.25) is 0 Å². The van der Waals surface area contributed by atoms with Crippen LogP contribution in [0, 0.1) is 5.92 Å². The lowest BCUT2D eigenvalue weighted by atomic mass is 10.1. The lowest BCUT2D eigenvalue weighted by molar-refractivity contribution is -0.114. The Morgan fingerprint density at radius 3 is 2.00 bits per heavy atom. The van der Waals surface area contributed by atoms with E-state index in [2.05, 4.69) is 31.4 Å². The third kappa shape index (κ3) is 8.03. The van der Waals surface area contributed by atoms with Gasteiger partial charge in [0.1, 0.15) is 11.5 Å². The Bertz CT molecular complexity index is 682. The van der Waals surface area contributed by atoms with E-state index in [1.807, 2.05) is 48.5 Å². The molecule has 2 aromatic carbocycles. The van der Waals surface area contributed by atoms with Crippen LogP contribution in [0.15, 0.2) is 48.5 Å². The maximum Gasteiger partial charge on any atom is 0.243 e. The Kier molecular flexibility index (Phi) is 8.49. The third-order valence-corrected chi connectivity index (χ3v) is 3.88. The van der Waals surface area contributed by atoms with Crippen LogP contribution in [-0.4, -0.2) is 25.7 Å². The van der Waals surface area contributed by atoms with Crippen LogP contribution < -0.4 is 20.1 Å². The molecule has 0 aliphatic carbocycles. The molecule has 2 N–H and O–H groups in total. The Morgan fingerprint density at radius 2 is 1.44 bits per heavy atom. The first kappa shape index (κ1) is 20.6. The number of amides is 1. The van der Waals surface area contributed by atoms with Crippen molar-refractivity contribution in [2.45, 2.75) is 33.6 Å². The number of carbonyl (C=O) groups is 1. The second-order valence-corrected chi connectivity index (χ2v) is 6.83. The predicted molar refractivity (Wildman–Crippen MR) is 111 cm³/mol. The van der Waals surface area contributed by atoms with Crippen molar-refractivity contribution in [3.05, 3.63) is 48.5 Å². The molecule has 0 spiro atoms. The van der Waals surface area contributed by atoms with Gasteiger partial charge in [-0.2, -0.15) is 0 Å². The Balaban J connectivity index is 1.73. The molecule has 0 fully saturated rings. The van der Waals surface area contributed by atoms with Crippen LogP contribution >= 0.6 is 0 Å². The molecule has 0 heterocycles. The van der Waals surface area contributed by atoms with Crippen molar-refractivity contribution in [3.63, 3.8) is 0 Å². The van der Waals surface area contributed by atoms with Gasteiger partial charge in [0.15, 0.2) is 0 Å². The van der Waals surface area contributed by atoms with Gasteiger partial charge in [0.25, 0.3) is 0 Å². The lowest BCUT2D eigenvalue weighted by Gasteiger charge is -2.11. The van der Waals surface area contributed by atoms with Gasteiger partial charge >= 0.3 is 0 Å². The monoisotopic (exact) mass is 370 g/mol. The molecule has 0 unspecified atom stereocenters. The topological polar surface area (TPSA) is 59.6 Å². The summed E-state index contributed by atoms with van der Waals surface area (Å²) in [6.45, 7) is 8.02. The molecule has 146 valence electrons. The Morgan fingerprint density at radius 1 is 0.889 bits per heavy atom. The Hall–Kier alpha value is -2.69. The average Bonchev–Trinajstić information content (AvgIpc) is 2.66. The first-order valence-electron chi connectivity index (χ1n) is 9.56. The Labute approximate surface area is 162 Å². The second kappa shape index (κ2) is 11.1. The van der Waals surface area contributed by atoms with Crippen LogP contribution in [0.3, 0.4) is 0 Å². The molecule has 0 aliphatic rings. The number of nitrogens with one attached hydrogen (secondary N) is 2. The fraction of sp³-hybridized carbons (Fsp3) is 0.409. The maximum absolute atomic E-state index is 12.1. The van der Waals surface area contributed by atoms with Gasteiger partial charge in [-0.3, -0.25) is 4.79 Å². The second-order valence-electron chi connectivity index (χ2n) is 6.83. The summed E-state index contributed by atoms with van der Waals surface area (Å²) >= 11 is 0. The molecule has 0 saturated heterocycles. The van der Waals surface area contributed by atoms with E-state index in [0.717, 1.165) is 42.3 Å². The molecule has 27 heavy (non-hydrogen) atoms. The molecule has 5 nitrogen and oxygen atoms in total. The molecule has 0 bridgehead atoms. The van der Waals surface area contributed by atoms with E-state index in [0.29, 0.717) is 12.5 Å². The third-order valence-electron chi connectivity index (χ3n) is 3.88. The maximum atomic E-state index is 12.1. The molecule has 5 heteroatoms. The summed E-state index contributed by atoms with van der Waals surface area (Å²) in [7, 11) is 0. The SMILES string of the molecule is CCCOc1ccc(NC(=O)CNc2ccc(OCCC(C)C)cc2)cc1. The minimum Gasteiger partial charge on any atom is -0.494 e. The van der Waals surface area contributed by atoms with Crippen molar-refractivity contribution in [2.24, 2.45) is 5.92 Å². The summed E-state index contributed by atoms with van der Waals surface area (Å²) in [6.07, 6.45) is 2.00. The summed E-state index contributed by atoms with van der Waals surface area (Å²) in [5.41, 5.74) is 1.63. The van der Waals surface area contributed by atoms with Crippen LogP contribution in [0.25, 0.3) is 0 Å². The highest BCUT2D eigenvalue weighted by atomic mass is 16.5. The van der Waals surface area contributed by atoms with Crippen LogP contribution in [0.5, 0.6) is 11.5 Å². The fourth-order valence-electron chi connectivity index (χ4n) is 2.32. The molecule has 0 saturated carbocycles. The van der Waals surface area contributed by atoms with E-state index in [1.165, 1.54) is 0 Å². The van der Waals surface area contributed by atoms with Gasteiger partial charge in [0, 0.05) is 11.4 Å². The highest BCUT2D eigenvalue weighted by Crippen LogP contribution is 2.17. The van der Waals surface area contributed by atoms with Crippen molar-refractivity contribution >= 4 is 17.3 Å². The van der Waals surface area contributed by atoms with Gasteiger partial charge in [-0.15, -0.1) is 0 Å². The number of anilines is 2. The quantitative estimate of drug-likeness (QED) is 0.587. The van der Waals surface area contributed by atoms with E-state index < -0.39 is 0 Å². The molecule has 2 rings (SSSR count). The zero-order chi connectivity index (χ0) is 19.5. The van der Waals surface area contributed by atoms with Gasteiger partial charge in [-0.05, 0) is 67.3 Å². The van der Waals surface area contributed by atoms with Gasteiger partial charge in [-0.25, -0.2) is 0 Å². The minimum absolute atomic E-state index is 0.102. The summed E-state index contributed by atoms with van der Waals surface area (Å²) < 4.78 is 11.2. The number of hydrogen-bond acceptors (Lipinski definition) is 4. The predicted octanol–water partition coefficient (Wildman–Crippen LogP) is 4.95. The molecule has 0 aliphatic heterocycles. The van der Waals surface area contributed by atoms with Crippen LogP contribution in [-0.2, 0) is 4.79 Å². The smallest absolute Gasteiger partial charge is 0.243 e. The van der Waals surface area contributed by atoms with Crippen LogP contribution in [0.4, 0.5) is 11.4 Å². The van der Waals surface area contributed by atoms with Crippen molar-refractivity contribution < 1.29 is 14.3 Å². The fourth-order valence-corrected chi connectivity index (χ4v) is 2.32. The zero-order valence-electron chi connectivity index (χ0n) is 16.5. The molecular formula is C22H30N2O3. The van der Waals surface area contributed by atoms with E-state index >= 15 is 0 Å². The molecule has 2 aromatic rings. The highest BCUT2D eigenvalue weighted by molar-refractivity contribution is 5.93. The van der Waals surface area contributed by atoms with Gasteiger partial charge in [0.2, 0.25) is 5.91 Å².